The molecule has 0 aliphatic heterocycles. The number of methoxy groups -OCH3 is 1. The van der Waals surface area contributed by atoms with Gasteiger partial charge in [0.05, 0.1) is 12.7 Å². The lowest BCUT2D eigenvalue weighted by molar-refractivity contribution is 0.415. The zero-order chi connectivity index (χ0) is 13.4. The molecular weight excluding hydrogens is 240 g/mol. The van der Waals surface area contributed by atoms with E-state index in [-0.39, 0.29) is 0 Å². The molecule has 19 heavy (non-hydrogen) atoms. The van der Waals surface area contributed by atoms with Crippen LogP contribution in [0.3, 0.4) is 0 Å². The first-order valence-electron chi connectivity index (χ1n) is 5.98. The van der Waals surface area contributed by atoms with Crippen LogP contribution in [0, 0.1) is 6.92 Å². The summed E-state index contributed by atoms with van der Waals surface area (Å²) >= 11 is 0. The van der Waals surface area contributed by atoms with Crippen molar-refractivity contribution in [3.8, 4) is 17.2 Å². The summed E-state index contributed by atoms with van der Waals surface area (Å²) in [6.45, 7) is 2.02. The zero-order valence-electron chi connectivity index (χ0n) is 10.8. The van der Waals surface area contributed by atoms with Crippen LogP contribution in [0.2, 0.25) is 0 Å². The molecule has 0 saturated heterocycles. The van der Waals surface area contributed by atoms with E-state index in [4.69, 9.17) is 14.9 Å². The number of rotatable bonds is 2. The van der Waals surface area contributed by atoms with E-state index in [0.29, 0.717) is 11.6 Å². The van der Waals surface area contributed by atoms with E-state index < -0.39 is 0 Å². The third-order valence-corrected chi connectivity index (χ3v) is 3.03. The number of aryl methyl sites for hydroxylation is 1. The molecule has 4 heteroatoms. The van der Waals surface area contributed by atoms with Crippen LogP contribution in [0.5, 0.6) is 5.75 Å². The van der Waals surface area contributed by atoms with E-state index in [9.17, 15) is 0 Å². The predicted molar refractivity (Wildman–Crippen MR) is 75.1 cm³/mol. The standard InChI is InChI=1S/C15H14N2O2/c1-9-3-6-13-14(7-9)19-15(17-13)11-8-10(18-2)4-5-12(11)16/h3-8H,16H2,1-2H3. The minimum Gasteiger partial charge on any atom is -0.497 e. The first kappa shape index (κ1) is 11.6. The third-order valence-electron chi connectivity index (χ3n) is 3.03. The fraction of sp³-hybridized carbons (Fsp3) is 0.133. The molecule has 2 aromatic carbocycles. The van der Waals surface area contributed by atoms with E-state index in [1.807, 2.05) is 37.3 Å². The summed E-state index contributed by atoms with van der Waals surface area (Å²) < 4.78 is 11.0. The molecule has 0 saturated carbocycles. The maximum atomic E-state index is 5.97. The number of hydrogen-bond donors (Lipinski definition) is 1. The molecule has 2 N–H and O–H groups in total. The van der Waals surface area contributed by atoms with Crippen molar-refractivity contribution in [2.75, 3.05) is 12.8 Å². The minimum atomic E-state index is 0.511. The molecule has 0 aliphatic carbocycles. The van der Waals surface area contributed by atoms with Gasteiger partial charge in [-0.15, -0.1) is 0 Å². The van der Waals surface area contributed by atoms with Crippen molar-refractivity contribution < 1.29 is 9.15 Å². The predicted octanol–water partition coefficient (Wildman–Crippen LogP) is 3.39. The molecule has 0 atom stereocenters. The number of aromatic nitrogens is 1. The maximum Gasteiger partial charge on any atom is 0.229 e. The molecule has 1 heterocycles. The molecule has 0 fully saturated rings. The second-order valence-electron chi connectivity index (χ2n) is 4.44. The van der Waals surface area contributed by atoms with E-state index in [0.717, 1.165) is 28.0 Å². The number of ether oxygens (including phenoxy) is 1. The fourth-order valence-electron chi connectivity index (χ4n) is 1.99. The smallest absolute Gasteiger partial charge is 0.229 e. The number of oxazole rings is 1. The molecule has 96 valence electrons. The van der Waals surface area contributed by atoms with E-state index >= 15 is 0 Å². The van der Waals surface area contributed by atoms with Crippen LogP contribution in [-0.2, 0) is 0 Å². The quantitative estimate of drug-likeness (QED) is 0.712. The van der Waals surface area contributed by atoms with Gasteiger partial charge in [0.25, 0.3) is 0 Å². The Bertz CT molecular complexity index is 747. The van der Waals surface area contributed by atoms with E-state index in [1.165, 1.54) is 0 Å². The summed E-state index contributed by atoms with van der Waals surface area (Å²) in [5, 5.41) is 0. The minimum absolute atomic E-state index is 0.511. The Morgan fingerprint density at radius 1 is 1.16 bits per heavy atom. The summed E-state index contributed by atoms with van der Waals surface area (Å²) in [4.78, 5) is 4.46. The first-order valence-corrected chi connectivity index (χ1v) is 5.98. The number of fused-ring (bicyclic) bond motifs is 1. The van der Waals surface area contributed by atoms with Crippen LogP contribution in [-0.4, -0.2) is 12.1 Å². The van der Waals surface area contributed by atoms with Crippen molar-refractivity contribution in [1.82, 2.24) is 4.98 Å². The van der Waals surface area contributed by atoms with Gasteiger partial charge in [0.1, 0.15) is 11.3 Å². The van der Waals surface area contributed by atoms with Crippen molar-refractivity contribution in [2.24, 2.45) is 0 Å². The molecule has 3 aromatic rings. The van der Waals surface area contributed by atoms with Gasteiger partial charge in [-0.25, -0.2) is 4.98 Å². The van der Waals surface area contributed by atoms with Gasteiger partial charge in [0.15, 0.2) is 5.58 Å². The second kappa shape index (κ2) is 4.31. The van der Waals surface area contributed by atoms with Crippen LogP contribution in [0.25, 0.3) is 22.6 Å². The fourth-order valence-corrected chi connectivity index (χ4v) is 1.99. The molecule has 0 unspecified atom stereocenters. The van der Waals surface area contributed by atoms with Crippen molar-refractivity contribution >= 4 is 16.8 Å². The lowest BCUT2D eigenvalue weighted by Crippen LogP contribution is -1.91. The Hall–Kier alpha value is -2.49. The highest BCUT2D eigenvalue weighted by Gasteiger charge is 2.12. The number of hydrogen-bond acceptors (Lipinski definition) is 4. The van der Waals surface area contributed by atoms with Crippen LogP contribution in [0.4, 0.5) is 5.69 Å². The number of nitrogens with two attached hydrogens (primary N) is 1. The van der Waals surface area contributed by atoms with Gasteiger partial charge in [-0.2, -0.15) is 0 Å². The molecular formula is C15H14N2O2. The highest BCUT2D eigenvalue weighted by atomic mass is 16.5. The van der Waals surface area contributed by atoms with Crippen LogP contribution in [0.15, 0.2) is 40.8 Å². The van der Waals surface area contributed by atoms with Crippen molar-refractivity contribution in [3.63, 3.8) is 0 Å². The summed E-state index contributed by atoms with van der Waals surface area (Å²) in [5.74, 6) is 1.24. The van der Waals surface area contributed by atoms with Gasteiger partial charge in [0, 0.05) is 5.69 Å². The lowest BCUT2D eigenvalue weighted by Gasteiger charge is -2.04. The third kappa shape index (κ3) is 2.01. The van der Waals surface area contributed by atoms with Crippen molar-refractivity contribution in [3.05, 3.63) is 42.0 Å². The molecule has 0 aliphatic rings. The Balaban J connectivity index is 2.18. The number of benzene rings is 2. The largest absolute Gasteiger partial charge is 0.497 e. The SMILES string of the molecule is COc1ccc(N)c(-c2nc3ccc(C)cc3o2)c1. The summed E-state index contributed by atoms with van der Waals surface area (Å²) in [6.07, 6.45) is 0. The molecule has 0 bridgehead atoms. The van der Waals surface area contributed by atoms with Gasteiger partial charge in [-0.3, -0.25) is 0 Å². The van der Waals surface area contributed by atoms with Gasteiger partial charge in [0.2, 0.25) is 5.89 Å². The highest BCUT2D eigenvalue weighted by Crippen LogP contribution is 2.31. The zero-order valence-corrected chi connectivity index (χ0v) is 10.8. The molecule has 0 amide bonds. The van der Waals surface area contributed by atoms with Gasteiger partial charge >= 0.3 is 0 Å². The number of anilines is 1. The van der Waals surface area contributed by atoms with Crippen LogP contribution < -0.4 is 10.5 Å². The Morgan fingerprint density at radius 3 is 2.79 bits per heavy atom. The Morgan fingerprint density at radius 2 is 2.00 bits per heavy atom. The molecule has 4 nitrogen and oxygen atoms in total. The summed E-state index contributed by atoms with van der Waals surface area (Å²) in [6, 6.07) is 11.3. The molecule has 1 aromatic heterocycles. The lowest BCUT2D eigenvalue weighted by atomic mass is 10.1. The average Bonchev–Trinajstić information content (AvgIpc) is 2.82. The van der Waals surface area contributed by atoms with E-state index in [1.54, 1.807) is 13.2 Å². The van der Waals surface area contributed by atoms with E-state index in [2.05, 4.69) is 4.98 Å². The Labute approximate surface area is 110 Å². The molecule has 3 rings (SSSR count). The van der Waals surface area contributed by atoms with Gasteiger partial charge in [-0.1, -0.05) is 6.07 Å². The highest BCUT2D eigenvalue weighted by molar-refractivity contribution is 5.80. The van der Waals surface area contributed by atoms with Crippen molar-refractivity contribution in [2.45, 2.75) is 6.92 Å². The van der Waals surface area contributed by atoms with Crippen LogP contribution >= 0.6 is 0 Å². The maximum absolute atomic E-state index is 5.97. The monoisotopic (exact) mass is 254 g/mol. The topological polar surface area (TPSA) is 61.3 Å². The summed E-state index contributed by atoms with van der Waals surface area (Å²) in [7, 11) is 1.62. The average molecular weight is 254 g/mol. The Kier molecular flexibility index (Phi) is 2.63. The second-order valence-corrected chi connectivity index (χ2v) is 4.44. The van der Waals surface area contributed by atoms with Crippen molar-refractivity contribution in [1.29, 1.82) is 0 Å². The molecule has 0 spiro atoms. The summed E-state index contributed by atoms with van der Waals surface area (Å²) in [5.41, 5.74) is 10.0. The molecule has 0 radical (unpaired) electrons. The van der Waals surface area contributed by atoms with Gasteiger partial charge < -0.3 is 14.9 Å². The number of nitrogen functional groups attached to an aromatic ring is 1. The number of nitrogens with zero attached hydrogens (tertiary/aromatic N) is 1. The normalized spacial score (nSPS) is 10.8. The van der Waals surface area contributed by atoms with Crippen LogP contribution in [0.1, 0.15) is 5.56 Å². The first-order chi connectivity index (χ1) is 9.17. The van der Waals surface area contributed by atoms with Gasteiger partial charge in [-0.05, 0) is 42.8 Å².